The van der Waals surface area contributed by atoms with Crippen LogP contribution in [0.3, 0.4) is 0 Å². The Labute approximate surface area is 123 Å². The topological polar surface area (TPSA) is 53.9 Å². The lowest BCUT2D eigenvalue weighted by molar-refractivity contribution is 0.473. The van der Waals surface area contributed by atoms with Gasteiger partial charge in [-0.1, -0.05) is 12.8 Å². The van der Waals surface area contributed by atoms with Gasteiger partial charge in [0.15, 0.2) is 0 Å². The van der Waals surface area contributed by atoms with E-state index in [2.05, 4.69) is 26.5 Å². The Bertz CT molecular complexity index is 429. The lowest BCUT2D eigenvalue weighted by Crippen LogP contribution is -2.35. The van der Waals surface area contributed by atoms with Gasteiger partial charge in [-0.05, 0) is 30.7 Å². The van der Waals surface area contributed by atoms with Gasteiger partial charge in [0.1, 0.15) is 0 Å². The normalized spacial score (nSPS) is 23.2. The largest absolute Gasteiger partial charge is 0.350 e. The number of rotatable bonds is 4. The fourth-order valence-electron chi connectivity index (χ4n) is 2.31. The van der Waals surface area contributed by atoms with Gasteiger partial charge >= 0.3 is 0 Å². The van der Waals surface area contributed by atoms with Gasteiger partial charge < -0.3 is 10.2 Å². The molecule has 0 spiro atoms. The van der Waals surface area contributed by atoms with Gasteiger partial charge in [-0.3, -0.25) is 0 Å². The molecule has 0 radical (unpaired) electrons. The van der Waals surface area contributed by atoms with Crippen molar-refractivity contribution >= 4 is 35.3 Å². The minimum absolute atomic E-state index is 0.234. The average Bonchev–Trinajstić information content (AvgIpc) is 2.38. The van der Waals surface area contributed by atoms with Gasteiger partial charge in [-0.15, -0.1) is 0 Å². The van der Waals surface area contributed by atoms with Gasteiger partial charge in [0.05, 0.1) is 0 Å². The molecule has 1 aromatic heterocycles. The number of anilines is 2. The van der Waals surface area contributed by atoms with Crippen LogP contribution in [0.2, 0.25) is 5.28 Å². The molecule has 1 aromatic rings. The molecular weight excluding hydrogens is 282 g/mol. The van der Waals surface area contributed by atoms with Crippen molar-refractivity contribution in [1.29, 1.82) is 0 Å². The maximum atomic E-state index is 5.95. The van der Waals surface area contributed by atoms with Gasteiger partial charge in [0, 0.05) is 25.4 Å². The summed E-state index contributed by atoms with van der Waals surface area (Å²) in [4.78, 5) is 14.5. The summed E-state index contributed by atoms with van der Waals surface area (Å²) in [6, 6.07) is 0.414. The first kappa shape index (κ1) is 14.7. The number of thioether (sulfide) groups is 1. The highest BCUT2D eigenvalue weighted by Crippen LogP contribution is 2.29. The summed E-state index contributed by atoms with van der Waals surface area (Å²) < 4.78 is 0. The molecule has 1 aliphatic carbocycles. The van der Waals surface area contributed by atoms with Crippen molar-refractivity contribution in [2.45, 2.75) is 37.0 Å². The average molecular weight is 302 g/mol. The van der Waals surface area contributed by atoms with E-state index in [1.54, 1.807) is 0 Å². The van der Waals surface area contributed by atoms with E-state index in [0.29, 0.717) is 23.2 Å². The van der Waals surface area contributed by atoms with Crippen LogP contribution >= 0.6 is 23.4 Å². The van der Waals surface area contributed by atoms with E-state index in [-0.39, 0.29) is 5.28 Å². The summed E-state index contributed by atoms with van der Waals surface area (Å²) in [6.07, 6.45) is 7.14. The van der Waals surface area contributed by atoms with Crippen molar-refractivity contribution < 1.29 is 0 Å². The molecular formula is C12H20ClN5S. The lowest BCUT2D eigenvalue weighted by Gasteiger charge is -2.31. The van der Waals surface area contributed by atoms with Crippen LogP contribution in [0.25, 0.3) is 0 Å². The van der Waals surface area contributed by atoms with E-state index in [0.717, 1.165) is 6.42 Å². The number of aromatic nitrogens is 3. The Balaban J connectivity index is 2.13. The standard InChI is InChI=1S/C12H20ClN5S/c1-18(2)12-16-10(13)15-11(17-12)14-8-6-4-5-7-9(8)19-3/h8-9H,4-7H2,1-3H3,(H,14,15,16,17). The first-order chi connectivity index (χ1) is 9.10. The smallest absolute Gasteiger partial charge is 0.230 e. The zero-order valence-electron chi connectivity index (χ0n) is 11.6. The second kappa shape index (κ2) is 6.61. The molecule has 19 heavy (non-hydrogen) atoms. The maximum Gasteiger partial charge on any atom is 0.230 e. The molecule has 0 aromatic carbocycles. The second-order valence-electron chi connectivity index (χ2n) is 4.93. The minimum atomic E-state index is 0.234. The number of nitrogens with one attached hydrogen (secondary N) is 1. The Kier molecular flexibility index (Phi) is 5.10. The van der Waals surface area contributed by atoms with Crippen LogP contribution in [0.4, 0.5) is 11.9 Å². The van der Waals surface area contributed by atoms with Crippen molar-refractivity contribution in [2.24, 2.45) is 0 Å². The van der Waals surface area contributed by atoms with E-state index in [4.69, 9.17) is 11.6 Å². The fraction of sp³-hybridized carbons (Fsp3) is 0.750. The SMILES string of the molecule is CSC1CCCCC1Nc1nc(Cl)nc(N(C)C)n1. The highest BCUT2D eigenvalue weighted by atomic mass is 35.5. The molecule has 1 fully saturated rings. The molecule has 0 aliphatic heterocycles. The lowest BCUT2D eigenvalue weighted by atomic mass is 9.95. The molecule has 2 unspecified atom stereocenters. The van der Waals surface area contributed by atoms with Gasteiger partial charge in [0.25, 0.3) is 0 Å². The Morgan fingerprint density at radius 2 is 1.95 bits per heavy atom. The van der Waals surface area contributed by atoms with Gasteiger partial charge in [-0.25, -0.2) is 0 Å². The Morgan fingerprint density at radius 1 is 1.21 bits per heavy atom. The Morgan fingerprint density at radius 3 is 2.63 bits per heavy atom. The molecule has 0 bridgehead atoms. The predicted molar refractivity (Wildman–Crippen MR) is 82.3 cm³/mol. The molecule has 0 amide bonds. The Hall–Kier alpha value is -0.750. The van der Waals surface area contributed by atoms with Crippen LogP contribution in [0.15, 0.2) is 0 Å². The van der Waals surface area contributed by atoms with Crippen LogP contribution in [0.1, 0.15) is 25.7 Å². The molecule has 0 saturated heterocycles. The summed E-state index contributed by atoms with van der Waals surface area (Å²) >= 11 is 7.86. The predicted octanol–water partition coefficient (Wildman–Crippen LogP) is 2.68. The molecule has 1 saturated carbocycles. The van der Waals surface area contributed by atoms with E-state index in [1.165, 1.54) is 19.3 Å². The molecule has 7 heteroatoms. The maximum absolute atomic E-state index is 5.95. The van der Waals surface area contributed by atoms with Crippen LogP contribution in [0, 0.1) is 0 Å². The summed E-state index contributed by atoms with van der Waals surface area (Å²) in [5, 5.41) is 4.28. The van der Waals surface area contributed by atoms with Crippen molar-refractivity contribution in [3.8, 4) is 0 Å². The summed E-state index contributed by atoms with van der Waals surface area (Å²) in [5.74, 6) is 1.16. The first-order valence-electron chi connectivity index (χ1n) is 6.48. The third-order valence-electron chi connectivity index (χ3n) is 3.32. The number of halogens is 1. The van der Waals surface area contributed by atoms with Crippen molar-refractivity contribution in [3.05, 3.63) is 5.28 Å². The number of hydrogen-bond donors (Lipinski definition) is 1. The summed E-state index contributed by atoms with van der Waals surface area (Å²) in [6.45, 7) is 0. The van der Waals surface area contributed by atoms with E-state index in [1.807, 2.05) is 30.8 Å². The summed E-state index contributed by atoms with van der Waals surface area (Å²) in [5.41, 5.74) is 0. The molecule has 5 nitrogen and oxygen atoms in total. The van der Waals surface area contributed by atoms with Gasteiger partial charge in [0.2, 0.25) is 17.2 Å². The van der Waals surface area contributed by atoms with Crippen molar-refractivity contribution in [1.82, 2.24) is 15.0 Å². The highest BCUT2D eigenvalue weighted by molar-refractivity contribution is 7.99. The fourth-order valence-corrected chi connectivity index (χ4v) is 3.40. The minimum Gasteiger partial charge on any atom is -0.350 e. The van der Waals surface area contributed by atoms with E-state index in [9.17, 15) is 0 Å². The van der Waals surface area contributed by atoms with Crippen molar-refractivity contribution in [2.75, 3.05) is 30.6 Å². The van der Waals surface area contributed by atoms with Crippen LogP contribution in [0.5, 0.6) is 0 Å². The van der Waals surface area contributed by atoms with Crippen LogP contribution < -0.4 is 10.2 Å². The van der Waals surface area contributed by atoms with E-state index >= 15 is 0 Å². The highest BCUT2D eigenvalue weighted by Gasteiger charge is 2.25. The molecule has 2 atom stereocenters. The number of hydrogen-bond acceptors (Lipinski definition) is 6. The molecule has 1 heterocycles. The zero-order valence-corrected chi connectivity index (χ0v) is 13.1. The quantitative estimate of drug-likeness (QED) is 0.923. The molecule has 1 N–H and O–H groups in total. The third-order valence-corrected chi connectivity index (χ3v) is 4.65. The van der Waals surface area contributed by atoms with Crippen LogP contribution in [-0.4, -0.2) is 46.6 Å². The first-order valence-corrected chi connectivity index (χ1v) is 8.15. The molecule has 2 rings (SSSR count). The molecule has 106 valence electrons. The second-order valence-corrected chi connectivity index (χ2v) is 6.35. The third kappa shape index (κ3) is 3.86. The number of nitrogens with zero attached hydrogens (tertiary/aromatic N) is 4. The van der Waals surface area contributed by atoms with Gasteiger partial charge in [-0.2, -0.15) is 26.7 Å². The monoisotopic (exact) mass is 301 g/mol. The van der Waals surface area contributed by atoms with Crippen molar-refractivity contribution in [3.63, 3.8) is 0 Å². The van der Waals surface area contributed by atoms with Crippen LogP contribution in [-0.2, 0) is 0 Å². The molecule has 1 aliphatic rings. The van der Waals surface area contributed by atoms with E-state index < -0.39 is 0 Å². The summed E-state index contributed by atoms with van der Waals surface area (Å²) in [7, 11) is 3.78. The zero-order chi connectivity index (χ0) is 13.8.